The molecule has 0 aromatic heterocycles. The van der Waals surface area contributed by atoms with Crippen molar-refractivity contribution in [2.75, 3.05) is 18.0 Å². The van der Waals surface area contributed by atoms with Crippen LogP contribution in [-0.4, -0.2) is 36.3 Å². The molecule has 1 saturated carbocycles. The summed E-state index contributed by atoms with van der Waals surface area (Å²) in [6.45, 7) is 4.15. The lowest BCUT2D eigenvalue weighted by atomic mass is 9.81. The number of hydrogen-bond donors (Lipinski definition) is 3. The van der Waals surface area contributed by atoms with Crippen molar-refractivity contribution in [1.29, 1.82) is 0 Å². The van der Waals surface area contributed by atoms with E-state index in [9.17, 15) is 9.90 Å². The van der Waals surface area contributed by atoms with Gasteiger partial charge in [-0.15, -0.1) is 0 Å². The molecular weight excluding hydrogens is 470 g/mol. The first kappa shape index (κ1) is 26.3. The topological polar surface area (TPSA) is 64.6 Å². The van der Waals surface area contributed by atoms with Crippen molar-refractivity contribution in [2.45, 2.75) is 69.6 Å². The van der Waals surface area contributed by atoms with Gasteiger partial charge in [0.05, 0.1) is 6.04 Å². The van der Waals surface area contributed by atoms with E-state index in [0.29, 0.717) is 5.92 Å². The monoisotopic (exact) mass is 511 g/mol. The molecule has 1 fully saturated rings. The van der Waals surface area contributed by atoms with Gasteiger partial charge in [-0.2, -0.15) is 0 Å². The van der Waals surface area contributed by atoms with Crippen LogP contribution < -0.4 is 15.5 Å². The first-order chi connectivity index (χ1) is 18.5. The van der Waals surface area contributed by atoms with E-state index in [2.05, 4.69) is 39.8 Å². The van der Waals surface area contributed by atoms with Crippen molar-refractivity contribution >= 4 is 11.7 Å². The number of anilines is 1. The lowest BCUT2D eigenvalue weighted by molar-refractivity contribution is 0.0470. The largest absolute Gasteiger partial charge is 0.378 e. The van der Waals surface area contributed by atoms with Crippen LogP contribution in [0, 0.1) is 5.92 Å². The lowest BCUT2D eigenvalue weighted by Gasteiger charge is -2.37. The van der Waals surface area contributed by atoms with Gasteiger partial charge >= 0.3 is 6.03 Å². The van der Waals surface area contributed by atoms with Crippen LogP contribution in [0.2, 0.25) is 0 Å². The number of nitrogens with zero attached hydrogens (tertiary/aromatic N) is 1. The fraction of sp³-hybridized carbons (Fsp3) is 0.424. The summed E-state index contributed by atoms with van der Waals surface area (Å²) in [6, 6.07) is 27.5. The number of carbonyl (C=O) groups is 1. The summed E-state index contributed by atoms with van der Waals surface area (Å²) in [6.07, 6.45) is 7.95. The van der Waals surface area contributed by atoms with E-state index in [4.69, 9.17) is 0 Å². The average molecular weight is 512 g/mol. The molecule has 2 amide bonds. The van der Waals surface area contributed by atoms with Gasteiger partial charge in [0.1, 0.15) is 5.60 Å². The highest BCUT2D eigenvalue weighted by Gasteiger charge is 2.38. The number of carbonyl (C=O) groups excluding carboxylic acids is 1. The Kier molecular flexibility index (Phi) is 8.33. The Bertz CT molecular complexity index is 1140. The minimum absolute atomic E-state index is 0.177. The Morgan fingerprint density at radius 3 is 2.18 bits per heavy atom. The number of fused-ring (bicyclic) bond motifs is 1. The summed E-state index contributed by atoms with van der Waals surface area (Å²) in [7, 11) is 0. The number of nitrogens with one attached hydrogen (secondary N) is 2. The molecule has 5 nitrogen and oxygen atoms in total. The van der Waals surface area contributed by atoms with Crippen molar-refractivity contribution in [3.63, 3.8) is 0 Å². The number of para-hydroxylation sites is 1. The van der Waals surface area contributed by atoms with Gasteiger partial charge in [-0.25, -0.2) is 4.79 Å². The fourth-order valence-electron chi connectivity index (χ4n) is 6.36. The van der Waals surface area contributed by atoms with E-state index < -0.39 is 11.6 Å². The zero-order valence-electron chi connectivity index (χ0n) is 22.5. The van der Waals surface area contributed by atoms with Gasteiger partial charge in [0, 0.05) is 24.8 Å². The SMILES string of the molecule is C[C@H](NC(=O)N[C@H]1CC[C@H](CCN2CCCc3ccccc32)CC1)C(O)(c1ccccc1)c1ccccc1. The normalized spacial score (nSPS) is 20.3. The summed E-state index contributed by atoms with van der Waals surface area (Å²) in [5, 5.41) is 18.1. The summed E-state index contributed by atoms with van der Waals surface area (Å²) in [5.74, 6) is 0.713. The van der Waals surface area contributed by atoms with Crippen LogP contribution >= 0.6 is 0 Å². The minimum atomic E-state index is -1.33. The molecule has 0 saturated heterocycles. The highest BCUT2D eigenvalue weighted by atomic mass is 16.3. The van der Waals surface area contributed by atoms with E-state index >= 15 is 0 Å². The van der Waals surface area contributed by atoms with Crippen LogP contribution in [0.5, 0.6) is 0 Å². The van der Waals surface area contributed by atoms with Crippen molar-refractivity contribution in [3.8, 4) is 0 Å². The predicted molar refractivity (Wildman–Crippen MR) is 154 cm³/mol. The van der Waals surface area contributed by atoms with Gasteiger partial charge in [0.2, 0.25) is 0 Å². The molecule has 1 atom stereocenters. The van der Waals surface area contributed by atoms with Gasteiger partial charge in [-0.1, -0.05) is 78.9 Å². The number of benzene rings is 3. The van der Waals surface area contributed by atoms with Gasteiger partial charge in [0.15, 0.2) is 0 Å². The molecule has 200 valence electrons. The molecule has 2 aliphatic rings. The summed E-state index contributed by atoms with van der Waals surface area (Å²) < 4.78 is 0. The van der Waals surface area contributed by atoms with Crippen molar-refractivity contribution < 1.29 is 9.90 Å². The van der Waals surface area contributed by atoms with Crippen LogP contribution in [0.3, 0.4) is 0 Å². The van der Waals surface area contributed by atoms with E-state index in [1.54, 1.807) is 0 Å². The third-order valence-electron chi connectivity index (χ3n) is 8.60. The number of hydrogen-bond acceptors (Lipinski definition) is 3. The maximum atomic E-state index is 13.0. The molecule has 3 aromatic carbocycles. The fourth-order valence-corrected chi connectivity index (χ4v) is 6.36. The number of aliphatic hydroxyl groups is 1. The standard InChI is InChI=1S/C33H41N3O2/c1-25(33(38,28-13-4-2-5-14-28)29-15-6-3-7-16-29)34-32(37)35-30-20-18-26(19-21-30)22-24-36-23-10-12-27-11-8-9-17-31(27)36/h2-9,11,13-17,25-26,30,38H,10,12,18-24H2,1H3,(H2,34,35,37)/t25-,26-,30-/m0/s1. The first-order valence-electron chi connectivity index (χ1n) is 14.3. The Balaban J connectivity index is 1.12. The number of amides is 2. The predicted octanol–water partition coefficient (Wildman–Crippen LogP) is 6.01. The third-order valence-corrected chi connectivity index (χ3v) is 8.60. The summed E-state index contributed by atoms with van der Waals surface area (Å²) in [5.41, 5.74) is 3.10. The second-order valence-electron chi connectivity index (χ2n) is 11.1. The maximum Gasteiger partial charge on any atom is 0.315 e. The lowest BCUT2D eigenvalue weighted by Crippen LogP contribution is -2.54. The Labute approximate surface area is 227 Å². The van der Waals surface area contributed by atoms with E-state index in [0.717, 1.165) is 49.9 Å². The number of aryl methyl sites for hydroxylation is 1. The quantitative estimate of drug-likeness (QED) is 0.347. The summed E-state index contributed by atoms with van der Waals surface area (Å²) >= 11 is 0. The second-order valence-corrected chi connectivity index (χ2v) is 11.1. The molecule has 38 heavy (non-hydrogen) atoms. The molecule has 1 aliphatic carbocycles. The third kappa shape index (κ3) is 5.88. The van der Waals surface area contributed by atoms with Crippen LogP contribution in [0.1, 0.15) is 62.1 Å². The molecule has 5 rings (SSSR count). The van der Waals surface area contributed by atoms with Crippen LogP contribution in [0.15, 0.2) is 84.9 Å². The minimum Gasteiger partial charge on any atom is -0.378 e. The van der Waals surface area contributed by atoms with Gasteiger partial charge < -0.3 is 20.6 Å². The number of rotatable bonds is 8. The second kappa shape index (κ2) is 12.0. The first-order valence-corrected chi connectivity index (χ1v) is 14.3. The summed E-state index contributed by atoms with van der Waals surface area (Å²) in [4.78, 5) is 15.6. The molecule has 3 N–H and O–H groups in total. The molecule has 0 spiro atoms. The van der Waals surface area contributed by atoms with Gasteiger partial charge in [0.25, 0.3) is 0 Å². The smallest absolute Gasteiger partial charge is 0.315 e. The molecule has 0 radical (unpaired) electrons. The zero-order chi connectivity index (χ0) is 26.4. The Morgan fingerprint density at radius 2 is 1.53 bits per heavy atom. The van der Waals surface area contributed by atoms with Crippen LogP contribution in [0.4, 0.5) is 10.5 Å². The molecule has 1 aliphatic heterocycles. The highest BCUT2D eigenvalue weighted by Crippen LogP contribution is 2.34. The zero-order valence-corrected chi connectivity index (χ0v) is 22.5. The molecule has 0 bridgehead atoms. The van der Waals surface area contributed by atoms with Crippen molar-refractivity contribution in [3.05, 3.63) is 102 Å². The Hall–Kier alpha value is -3.31. The highest BCUT2D eigenvalue weighted by molar-refractivity contribution is 5.75. The van der Waals surface area contributed by atoms with E-state index in [1.165, 1.54) is 30.5 Å². The molecule has 0 unspecified atom stereocenters. The van der Waals surface area contributed by atoms with Crippen molar-refractivity contribution in [2.24, 2.45) is 5.92 Å². The Morgan fingerprint density at radius 1 is 0.921 bits per heavy atom. The maximum absolute atomic E-state index is 13.0. The number of urea groups is 1. The van der Waals surface area contributed by atoms with E-state index in [1.807, 2.05) is 67.6 Å². The molecular formula is C33H41N3O2. The van der Waals surface area contributed by atoms with E-state index in [-0.39, 0.29) is 12.1 Å². The van der Waals surface area contributed by atoms with Crippen LogP contribution in [-0.2, 0) is 12.0 Å². The average Bonchev–Trinajstić information content (AvgIpc) is 2.97. The van der Waals surface area contributed by atoms with Gasteiger partial charge in [-0.05, 0) is 80.5 Å². The molecule has 1 heterocycles. The van der Waals surface area contributed by atoms with Crippen LogP contribution in [0.25, 0.3) is 0 Å². The van der Waals surface area contributed by atoms with Gasteiger partial charge in [-0.3, -0.25) is 0 Å². The van der Waals surface area contributed by atoms with Crippen molar-refractivity contribution in [1.82, 2.24) is 10.6 Å². The molecule has 3 aromatic rings. The molecule has 5 heteroatoms.